The number of hydrogen-bond donors (Lipinski definition) is 3. The van der Waals surface area contributed by atoms with E-state index >= 15 is 0 Å². The Balaban J connectivity index is 1.52. The third-order valence-corrected chi connectivity index (χ3v) is 5.92. The van der Waals surface area contributed by atoms with Gasteiger partial charge in [-0.1, -0.05) is 12.1 Å². The Morgan fingerprint density at radius 2 is 2.04 bits per heavy atom. The van der Waals surface area contributed by atoms with Crippen molar-refractivity contribution in [3.63, 3.8) is 0 Å². The zero-order valence-corrected chi connectivity index (χ0v) is 15.7. The van der Waals surface area contributed by atoms with E-state index in [1.807, 2.05) is 0 Å². The Morgan fingerprint density at radius 1 is 1.31 bits per heavy atom. The first kappa shape index (κ1) is 18.8. The van der Waals surface area contributed by atoms with Gasteiger partial charge < -0.3 is 15.5 Å². The molecule has 1 amide bonds. The molecule has 0 aromatic heterocycles. The zero-order valence-electron chi connectivity index (χ0n) is 14.9. The molecular weight excluding hydrogens is 354 g/mol. The largest absolute Gasteiger partial charge is 0.354 e. The Bertz CT molecular complexity index is 787. The molecule has 3 rings (SSSR count). The number of sulfonamides is 1. The number of nitrogens with zero attached hydrogens (tertiary/aromatic N) is 2. The molecule has 8 nitrogen and oxygen atoms in total. The van der Waals surface area contributed by atoms with Crippen LogP contribution in [0.4, 0.5) is 0 Å². The quantitative estimate of drug-likeness (QED) is 0.580. The summed E-state index contributed by atoms with van der Waals surface area (Å²) in [5.41, 5.74) is 0.505. The summed E-state index contributed by atoms with van der Waals surface area (Å²) in [7, 11) is -3.58. The molecule has 2 aliphatic heterocycles. The number of fused-ring (bicyclic) bond motifs is 1. The fraction of sp³-hybridized carbons (Fsp3) is 0.529. The molecule has 0 spiro atoms. The van der Waals surface area contributed by atoms with Gasteiger partial charge in [0.15, 0.2) is 0 Å². The number of amidine groups is 1. The third-order valence-electron chi connectivity index (χ3n) is 4.52. The average Bonchev–Trinajstić information content (AvgIpc) is 2.90. The van der Waals surface area contributed by atoms with Gasteiger partial charge >= 0.3 is 0 Å². The van der Waals surface area contributed by atoms with Crippen molar-refractivity contribution < 1.29 is 13.2 Å². The van der Waals surface area contributed by atoms with Gasteiger partial charge in [0.1, 0.15) is 11.9 Å². The molecule has 1 saturated heterocycles. The van der Waals surface area contributed by atoms with Crippen LogP contribution in [-0.2, 0) is 14.8 Å². The molecule has 1 unspecified atom stereocenters. The van der Waals surface area contributed by atoms with Crippen LogP contribution in [0.5, 0.6) is 0 Å². The summed E-state index contributed by atoms with van der Waals surface area (Å²) in [5.74, 6) is 0.0189. The standard InChI is InChI=1S/C17H25N5O3S/c1-13(17(23)19-7-4-10-22-11-8-18-9-12-22)20-16-14-5-2-3-6-15(14)26(24,25)21-16/h2-3,5-6,13,18H,4,7-12H2,1H3,(H,19,23)(H,20,21). The highest BCUT2D eigenvalue weighted by molar-refractivity contribution is 7.90. The molecule has 0 saturated carbocycles. The van der Waals surface area contributed by atoms with E-state index in [1.165, 1.54) is 6.07 Å². The van der Waals surface area contributed by atoms with Gasteiger partial charge in [-0.05, 0) is 32.0 Å². The Labute approximate surface area is 154 Å². The van der Waals surface area contributed by atoms with Crippen LogP contribution in [0.2, 0.25) is 0 Å². The van der Waals surface area contributed by atoms with Crippen molar-refractivity contribution in [2.45, 2.75) is 24.3 Å². The summed E-state index contributed by atoms with van der Waals surface area (Å²) in [6.45, 7) is 7.30. The lowest BCUT2D eigenvalue weighted by Crippen LogP contribution is -2.44. The van der Waals surface area contributed by atoms with E-state index in [0.29, 0.717) is 12.1 Å². The maximum absolute atomic E-state index is 12.2. The summed E-state index contributed by atoms with van der Waals surface area (Å²) >= 11 is 0. The fourth-order valence-electron chi connectivity index (χ4n) is 3.08. The first-order chi connectivity index (χ1) is 12.5. The lowest BCUT2D eigenvalue weighted by molar-refractivity contribution is -0.121. The van der Waals surface area contributed by atoms with E-state index in [2.05, 4.69) is 25.2 Å². The molecule has 2 aliphatic rings. The lowest BCUT2D eigenvalue weighted by atomic mass is 10.2. The number of aliphatic imine (C=N–C) groups is 1. The van der Waals surface area contributed by atoms with Crippen LogP contribution in [0, 0.1) is 0 Å². The van der Waals surface area contributed by atoms with Gasteiger partial charge in [-0.15, -0.1) is 0 Å². The van der Waals surface area contributed by atoms with Crippen molar-refractivity contribution in [1.82, 2.24) is 20.3 Å². The maximum atomic E-state index is 12.2. The molecule has 9 heteroatoms. The third kappa shape index (κ3) is 4.40. The maximum Gasteiger partial charge on any atom is 0.263 e. The van der Waals surface area contributed by atoms with Crippen LogP contribution in [0.3, 0.4) is 0 Å². The van der Waals surface area contributed by atoms with Crippen molar-refractivity contribution in [2.24, 2.45) is 4.99 Å². The van der Waals surface area contributed by atoms with Gasteiger partial charge in [-0.2, -0.15) is 0 Å². The molecule has 1 aromatic rings. The minimum atomic E-state index is -3.58. The highest BCUT2D eigenvalue weighted by Gasteiger charge is 2.31. The van der Waals surface area contributed by atoms with Crippen molar-refractivity contribution >= 4 is 21.8 Å². The topological polar surface area (TPSA) is 103 Å². The van der Waals surface area contributed by atoms with Gasteiger partial charge in [0.25, 0.3) is 10.0 Å². The fourth-order valence-corrected chi connectivity index (χ4v) is 4.32. The molecular formula is C17H25N5O3S. The number of piperazine rings is 1. The predicted octanol–water partition coefficient (Wildman–Crippen LogP) is -0.475. The number of carbonyl (C=O) groups is 1. The molecule has 1 fully saturated rings. The van der Waals surface area contributed by atoms with Crippen LogP contribution in [0.1, 0.15) is 18.9 Å². The molecule has 2 heterocycles. The summed E-state index contributed by atoms with van der Waals surface area (Å²) in [6, 6.07) is 5.95. The van der Waals surface area contributed by atoms with E-state index in [9.17, 15) is 13.2 Å². The van der Waals surface area contributed by atoms with E-state index in [0.717, 1.165) is 39.1 Å². The van der Waals surface area contributed by atoms with Gasteiger partial charge in [0.05, 0.1) is 4.90 Å². The second-order valence-electron chi connectivity index (χ2n) is 6.49. The number of benzene rings is 1. The Morgan fingerprint density at radius 3 is 2.81 bits per heavy atom. The Hall–Kier alpha value is -1.97. The number of carbonyl (C=O) groups excluding carboxylic acids is 1. The molecule has 0 bridgehead atoms. The molecule has 142 valence electrons. The monoisotopic (exact) mass is 379 g/mol. The summed E-state index contributed by atoms with van der Waals surface area (Å²) in [5, 5.41) is 6.19. The highest BCUT2D eigenvalue weighted by Crippen LogP contribution is 2.22. The van der Waals surface area contributed by atoms with Crippen molar-refractivity contribution in [1.29, 1.82) is 0 Å². The minimum absolute atomic E-state index is 0.197. The van der Waals surface area contributed by atoms with Crippen LogP contribution in [0.15, 0.2) is 34.2 Å². The van der Waals surface area contributed by atoms with Gasteiger partial charge in [0, 0.05) is 38.3 Å². The average molecular weight is 379 g/mol. The van der Waals surface area contributed by atoms with E-state index in [1.54, 1.807) is 25.1 Å². The number of nitrogens with one attached hydrogen (secondary N) is 3. The minimum Gasteiger partial charge on any atom is -0.354 e. The zero-order chi connectivity index (χ0) is 18.6. The Kier molecular flexibility index (Phi) is 5.90. The van der Waals surface area contributed by atoms with Gasteiger partial charge in [0.2, 0.25) is 5.91 Å². The normalized spacial score (nSPS) is 21.8. The van der Waals surface area contributed by atoms with E-state index in [4.69, 9.17) is 0 Å². The predicted molar refractivity (Wildman–Crippen MR) is 99.7 cm³/mol. The summed E-state index contributed by atoms with van der Waals surface area (Å²) < 4.78 is 26.6. The molecule has 3 N–H and O–H groups in total. The van der Waals surface area contributed by atoms with Crippen molar-refractivity contribution in [3.8, 4) is 0 Å². The number of amides is 1. The SMILES string of the molecule is CC(N=C1NS(=O)(=O)c2ccccc21)C(=O)NCCCN1CCNCC1. The lowest BCUT2D eigenvalue weighted by Gasteiger charge is -2.27. The van der Waals surface area contributed by atoms with Crippen LogP contribution >= 0.6 is 0 Å². The van der Waals surface area contributed by atoms with Gasteiger partial charge in [-0.3, -0.25) is 14.5 Å². The second-order valence-corrected chi connectivity index (χ2v) is 8.14. The van der Waals surface area contributed by atoms with Gasteiger partial charge in [-0.25, -0.2) is 8.42 Å². The number of hydrogen-bond acceptors (Lipinski definition) is 6. The highest BCUT2D eigenvalue weighted by atomic mass is 32.2. The second kappa shape index (κ2) is 8.15. The van der Waals surface area contributed by atoms with E-state index in [-0.39, 0.29) is 16.6 Å². The molecule has 0 radical (unpaired) electrons. The van der Waals surface area contributed by atoms with Crippen molar-refractivity contribution in [2.75, 3.05) is 39.3 Å². The first-order valence-corrected chi connectivity index (χ1v) is 10.4. The molecule has 1 atom stereocenters. The van der Waals surface area contributed by atoms with Crippen molar-refractivity contribution in [3.05, 3.63) is 29.8 Å². The van der Waals surface area contributed by atoms with Crippen LogP contribution in [0.25, 0.3) is 0 Å². The van der Waals surface area contributed by atoms with Crippen LogP contribution < -0.4 is 15.4 Å². The molecule has 26 heavy (non-hydrogen) atoms. The first-order valence-electron chi connectivity index (χ1n) is 8.88. The summed E-state index contributed by atoms with van der Waals surface area (Å²) in [6.07, 6.45) is 0.879. The molecule has 1 aromatic carbocycles. The smallest absolute Gasteiger partial charge is 0.263 e. The number of rotatable bonds is 6. The molecule has 0 aliphatic carbocycles. The van der Waals surface area contributed by atoms with Crippen LogP contribution in [-0.4, -0.2) is 70.4 Å². The summed E-state index contributed by atoms with van der Waals surface area (Å²) in [4.78, 5) is 19.1. The van der Waals surface area contributed by atoms with E-state index < -0.39 is 16.1 Å².